The first-order valence-corrected chi connectivity index (χ1v) is 12.3. The zero-order valence-corrected chi connectivity index (χ0v) is 22.3. The van der Waals surface area contributed by atoms with Crippen LogP contribution in [-0.2, 0) is 4.79 Å². The van der Waals surface area contributed by atoms with E-state index in [0.717, 1.165) is 13.6 Å². The smallest absolute Gasteiger partial charge is 0.282 e. The number of fused-ring (bicyclic) bond motifs is 1. The van der Waals surface area contributed by atoms with Gasteiger partial charge in [-0.1, -0.05) is 27.5 Å². The predicted molar refractivity (Wildman–Crippen MR) is 146 cm³/mol. The van der Waals surface area contributed by atoms with E-state index in [9.17, 15) is 9.59 Å². The number of nitrogens with one attached hydrogen (secondary N) is 1. The van der Waals surface area contributed by atoms with E-state index in [-0.39, 0.29) is 18.1 Å². The van der Waals surface area contributed by atoms with E-state index >= 15 is 0 Å². The van der Waals surface area contributed by atoms with Crippen LogP contribution in [0.4, 0.5) is 5.69 Å². The Morgan fingerprint density at radius 2 is 1.97 bits per heavy atom. The van der Waals surface area contributed by atoms with Crippen LogP contribution in [0.5, 0.6) is 5.75 Å². The van der Waals surface area contributed by atoms with E-state index in [0.29, 0.717) is 33.2 Å². The monoisotopic (exact) mass is 650 g/mol. The Hall–Kier alpha value is -2.76. The van der Waals surface area contributed by atoms with Crippen molar-refractivity contribution in [2.45, 2.75) is 6.92 Å². The molecule has 0 aliphatic heterocycles. The highest BCUT2D eigenvalue weighted by Gasteiger charge is 2.09. The summed E-state index contributed by atoms with van der Waals surface area (Å²) in [5.41, 5.74) is 1.78. The maximum atomic E-state index is 12.9. The second-order valence-corrected chi connectivity index (χ2v) is 9.73. The van der Waals surface area contributed by atoms with E-state index in [1.165, 1.54) is 4.68 Å². The molecule has 0 aliphatic rings. The molecular formula is C24H17BrClIN4O3. The Morgan fingerprint density at radius 1 is 1.21 bits per heavy atom. The summed E-state index contributed by atoms with van der Waals surface area (Å²) in [5, 5.41) is 8.16. The molecule has 172 valence electrons. The fourth-order valence-electron chi connectivity index (χ4n) is 3.11. The molecule has 0 saturated carbocycles. The van der Waals surface area contributed by atoms with Gasteiger partial charge in [0.1, 0.15) is 11.6 Å². The van der Waals surface area contributed by atoms with E-state index in [4.69, 9.17) is 16.3 Å². The summed E-state index contributed by atoms with van der Waals surface area (Å²) < 4.78 is 8.51. The number of benzene rings is 3. The number of carbonyl (C=O) groups excluding carboxylic acids is 1. The number of hydrogen-bond acceptors (Lipinski definition) is 5. The Morgan fingerprint density at radius 3 is 2.71 bits per heavy atom. The molecule has 0 atom stereocenters. The maximum Gasteiger partial charge on any atom is 0.282 e. The molecule has 0 aliphatic carbocycles. The first kappa shape index (κ1) is 24.4. The van der Waals surface area contributed by atoms with Gasteiger partial charge in [-0.15, -0.1) is 0 Å². The fourth-order valence-corrected chi connectivity index (χ4v) is 4.29. The SMILES string of the molecule is Cc1nc2ccc(Br)cc2c(=O)n1N=Cc1ccc(OCC(=O)Nc2ccc(Cl)cc2)c(I)c1. The Bertz CT molecular complexity index is 1470. The highest BCUT2D eigenvalue weighted by atomic mass is 127. The number of aromatic nitrogens is 2. The largest absolute Gasteiger partial charge is 0.483 e. The van der Waals surface area contributed by atoms with Crippen LogP contribution in [0, 0.1) is 10.5 Å². The summed E-state index contributed by atoms with van der Waals surface area (Å²) in [6.45, 7) is 1.59. The molecule has 7 nitrogen and oxygen atoms in total. The van der Waals surface area contributed by atoms with Crippen LogP contribution in [0.25, 0.3) is 10.9 Å². The third-order valence-electron chi connectivity index (χ3n) is 4.74. The lowest BCUT2D eigenvalue weighted by molar-refractivity contribution is -0.118. The molecule has 34 heavy (non-hydrogen) atoms. The van der Waals surface area contributed by atoms with Crippen molar-refractivity contribution in [2.24, 2.45) is 5.10 Å². The normalized spacial score (nSPS) is 11.2. The van der Waals surface area contributed by atoms with Gasteiger partial charge in [-0.05, 0) is 95.7 Å². The molecule has 0 fully saturated rings. The molecular weight excluding hydrogens is 635 g/mol. The van der Waals surface area contributed by atoms with E-state index in [1.807, 2.05) is 12.1 Å². The summed E-state index contributed by atoms with van der Waals surface area (Å²) in [6.07, 6.45) is 1.58. The molecule has 1 N–H and O–H groups in total. The van der Waals surface area contributed by atoms with Crippen molar-refractivity contribution in [3.63, 3.8) is 0 Å². The van der Waals surface area contributed by atoms with Crippen molar-refractivity contribution in [1.29, 1.82) is 0 Å². The number of rotatable bonds is 6. The zero-order valence-electron chi connectivity index (χ0n) is 17.8. The average Bonchev–Trinajstić information content (AvgIpc) is 2.80. The second-order valence-electron chi connectivity index (χ2n) is 7.22. The maximum absolute atomic E-state index is 12.9. The Kier molecular flexibility index (Phi) is 7.64. The molecule has 0 bridgehead atoms. The highest BCUT2D eigenvalue weighted by molar-refractivity contribution is 14.1. The van der Waals surface area contributed by atoms with Crippen molar-refractivity contribution in [3.8, 4) is 5.75 Å². The molecule has 4 aromatic rings. The van der Waals surface area contributed by atoms with Gasteiger partial charge in [0.2, 0.25) is 0 Å². The molecule has 0 unspecified atom stereocenters. The van der Waals surface area contributed by atoms with E-state index in [1.54, 1.807) is 61.7 Å². The molecule has 3 aromatic carbocycles. The second kappa shape index (κ2) is 10.7. The van der Waals surface area contributed by atoms with Crippen molar-refractivity contribution < 1.29 is 9.53 Å². The number of halogens is 3. The van der Waals surface area contributed by atoms with E-state index in [2.05, 4.69) is 53.9 Å². The van der Waals surface area contributed by atoms with Crippen molar-refractivity contribution in [2.75, 3.05) is 11.9 Å². The van der Waals surface area contributed by atoms with Gasteiger partial charge in [0, 0.05) is 15.2 Å². The van der Waals surface area contributed by atoms with Crippen LogP contribution < -0.4 is 15.6 Å². The third kappa shape index (κ3) is 5.83. The molecule has 1 aromatic heterocycles. The molecule has 1 amide bonds. The fraction of sp³-hybridized carbons (Fsp3) is 0.0833. The van der Waals surface area contributed by atoms with Crippen molar-refractivity contribution in [1.82, 2.24) is 9.66 Å². The summed E-state index contributed by atoms with van der Waals surface area (Å²) in [6, 6.07) is 17.6. The third-order valence-corrected chi connectivity index (χ3v) is 6.32. The van der Waals surface area contributed by atoms with Crippen LogP contribution in [0.1, 0.15) is 11.4 Å². The average molecular weight is 652 g/mol. The number of amides is 1. The Balaban J connectivity index is 1.45. The van der Waals surface area contributed by atoms with Gasteiger partial charge < -0.3 is 10.1 Å². The summed E-state index contributed by atoms with van der Waals surface area (Å²) in [4.78, 5) is 29.5. The standard InChI is InChI=1S/C24H17BrClIN4O3/c1-14-29-21-8-3-16(25)11-19(21)24(33)31(14)28-12-15-2-9-22(20(27)10-15)34-13-23(32)30-18-6-4-17(26)5-7-18/h2-12H,13H2,1H3,(H,30,32). The minimum atomic E-state index is -0.283. The van der Waals surface area contributed by atoms with Gasteiger partial charge in [0.05, 0.1) is 20.7 Å². The zero-order chi connectivity index (χ0) is 24.2. The van der Waals surface area contributed by atoms with Crippen LogP contribution in [-0.4, -0.2) is 28.4 Å². The number of anilines is 1. The van der Waals surface area contributed by atoms with Crippen LogP contribution >= 0.6 is 50.1 Å². The molecule has 10 heteroatoms. The minimum absolute atomic E-state index is 0.140. The Labute approximate surface area is 222 Å². The van der Waals surface area contributed by atoms with Gasteiger partial charge in [0.25, 0.3) is 11.5 Å². The first-order valence-electron chi connectivity index (χ1n) is 10.0. The van der Waals surface area contributed by atoms with Crippen LogP contribution in [0.15, 0.2) is 75.0 Å². The van der Waals surface area contributed by atoms with Crippen molar-refractivity contribution in [3.05, 3.63) is 95.5 Å². The topological polar surface area (TPSA) is 85.6 Å². The van der Waals surface area contributed by atoms with Crippen LogP contribution in [0.3, 0.4) is 0 Å². The number of ether oxygens (including phenoxy) is 1. The van der Waals surface area contributed by atoms with Gasteiger partial charge in [-0.25, -0.2) is 4.98 Å². The molecule has 0 radical (unpaired) electrons. The number of nitrogens with zero attached hydrogens (tertiary/aromatic N) is 3. The number of aryl methyl sites for hydroxylation is 1. The molecule has 0 saturated heterocycles. The van der Waals surface area contributed by atoms with E-state index < -0.39 is 0 Å². The quantitative estimate of drug-likeness (QED) is 0.217. The van der Waals surface area contributed by atoms with Gasteiger partial charge >= 0.3 is 0 Å². The first-order chi connectivity index (χ1) is 16.3. The van der Waals surface area contributed by atoms with Gasteiger partial charge in [-0.2, -0.15) is 9.78 Å². The van der Waals surface area contributed by atoms with Crippen molar-refractivity contribution >= 4 is 78.8 Å². The molecule has 1 heterocycles. The molecule has 0 spiro atoms. The molecule has 4 rings (SSSR count). The highest BCUT2D eigenvalue weighted by Crippen LogP contribution is 2.22. The lowest BCUT2D eigenvalue weighted by atomic mass is 10.2. The summed E-state index contributed by atoms with van der Waals surface area (Å²) in [7, 11) is 0. The van der Waals surface area contributed by atoms with Crippen LogP contribution in [0.2, 0.25) is 5.02 Å². The predicted octanol–water partition coefficient (Wildman–Crippen LogP) is 5.63. The van der Waals surface area contributed by atoms with Gasteiger partial charge in [0.15, 0.2) is 6.61 Å². The lowest BCUT2D eigenvalue weighted by Gasteiger charge is -2.10. The summed E-state index contributed by atoms with van der Waals surface area (Å²) >= 11 is 11.4. The lowest BCUT2D eigenvalue weighted by Crippen LogP contribution is -2.20. The van der Waals surface area contributed by atoms with Gasteiger partial charge in [-0.3, -0.25) is 9.59 Å². The number of carbonyl (C=O) groups is 1. The minimum Gasteiger partial charge on any atom is -0.483 e. The number of hydrogen-bond donors (Lipinski definition) is 1. The summed E-state index contributed by atoms with van der Waals surface area (Å²) in [5.74, 6) is 0.765.